The Morgan fingerprint density at radius 2 is 2.04 bits per heavy atom. The zero-order chi connectivity index (χ0) is 20.8. The molecule has 1 aromatic rings. The maximum atomic E-state index is 12.6. The zero-order valence-corrected chi connectivity index (χ0v) is 17.6. The Bertz CT molecular complexity index is 757. The number of thiazole rings is 1. The van der Waals surface area contributed by atoms with Crippen molar-refractivity contribution in [2.24, 2.45) is 10.9 Å². The number of halogens is 3. The van der Waals surface area contributed by atoms with Gasteiger partial charge in [-0.2, -0.15) is 17.5 Å². The molecule has 0 unspecified atom stereocenters. The van der Waals surface area contributed by atoms with E-state index in [9.17, 15) is 21.6 Å². The van der Waals surface area contributed by atoms with Gasteiger partial charge in [0.1, 0.15) is 0 Å². The highest BCUT2D eigenvalue weighted by Crippen LogP contribution is 2.30. The fourth-order valence-electron chi connectivity index (χ4n) is 2.85. The van der Waals surface area contributed by atoms with Gasteiger partial charge in [0, 0.05) is 50.2 Å². The number of guanidine groups is 1. The summed E-state index contributed by atoms with van der Waals surface area (Å²) in [5, 5.41) is 7.40. The molecule has 2 rings (SSSR count). The number of hydrogen-bond acceptors (Lipinski definition) is 5. The van der Waals surface area contributed by atoms with E-state index >= 15 is 0 Å². The number of aliphatic imine (C=N–C) groups is 1. The minimum atomic E-state index is -5.24. The summed E-state index contributed by atoms with van der Waals surface area (Å²) in [7, 11) is -5.23. The van der Waals surface area contributed by atoms with Crippen LogP contribution in [0, 0.1) is 12.8 Å². The molecule has 0 saturated carbocycles. The lowest BCUT2D eigenvalue weighted by atomic mass is 9.98. The lowest BCUT2D eigenvalue weighted by Crippen LogP contribution is -2.45. The van der Waals surface area contributed by atoms with Gasteiger partial charge in [-0.3, -0.25) is 4.99 Å². The van der Waals surface area contributed by atoms with Gasteiger partial charge in [-0.05, 0) is 32.6 Å². The van der Waals surface area contributed by atoms with Crippen LogP contribution in [0.25, 0.3) is 0 Å². The van der Waals surface area contributed by atoms with Crippen molar-refractivity contribution in [1.29, 1.82) is 0 Å². The lowest BCUT2D eigenvalue weighted by Gasteiger charge is -2.30. The van der Waals surface area contributed by atoms with Crippen molar-refractivity contribution in [1.82, 2.24) is 19.9 Å². The molecule has 0 bridgehead atoms. The van der Waals surface area contributed by atoms with Gasteiger partial charge in [0.15, 0.2) is 5.96 Å². The molecule has 1 saturated heterocycles. The predicted octanol–water partition coefficient (Wildman–Crippen LogP) is 2.11. The van der Waals surface area contributed by atoms with Gasteiger partial charge in [-0.25, -0.2) is 13.4 Å². The molecule has 0 radical (unpaired) electrons. The number of piperidine rings is 1. The molecule has 0 aliphatic carbocycles. The smallest absolute Gasteiger partial charge is 0.357 e. The van der Waals surface area contributed by atoms with Crippen LogP contribution >= 0.6 is 11.3 Å². The van der Waals surface area contributed by atoms with E-state index in [-0.39, 0.29) is 19.0 Å². The van der Waals surface area contributed by atoms with E-state index in [1.807, 2.05) is 20.0 Å². The average Bonchev–Trinajstić information content (AvgIpc) is 3.04. The average molecular weight is 442 g/mol. The van der Waals surface area contributed by atoms with Crippen molar-refractivity contribution in [2.75, 3.05) is 32.7 Å². The van der Waals surface area contributed by atoms with Gasteiger partial charge in [0.2, 0.25) is 0 Å². The molecule has 2 heterocycles. The van der Waals surface area contributed by atoms with Gasteiger partial charge < -0.3 is 10.6 Å². The molecular weight excluding hydrogens is 415 g/mol. The summed E-state index contributed by atoms with van der Waals surface area (Å²) in [6, 6.07) is 0. The first-order chi connectivity index (χ1) is 13.1. The lowest BCUT2D eigenvalue weighted by molar-refractivity contribution is -0.0496. The Labute approximate surface area is 167 Å². The van der Waals surface area contributed by atoms with E-state index in [0.717, 1.165) is 16.3 Å². The number of alkyl halides is 3. The third kappa shape index (κ3) is 6.31. The first-order valence-corrected chi connectivity index (χ1v) is 11.4. The molecule has 12 heteroatoms. The van der Waals surface area contributed by atoms with Crippen molar-refractivity contribution in [3.63, 3.8) is 0 Å². The second-order valence-corrected chi connectivity index (χ2v) is 9.80. The van der Waals surface area contributed by atoms with E-state index in [0.29, 0.717) is 42.7 Å². The van der Waals surface area contributed by atoms with Crippen LogP contribution in [0.1, 0.15) is 29.7 Å². The summed E-state index contributed by atoms with van der Waals surface area (Å²) < 4.78 is 61.3. The first kappa shape index (κ1) is 22.9. The van der Waals surface area contributed by atoms with Crippen molar-refractivity contribution in [2.45, 2.75) is 38.6 Å². The van der Waals surface area contributed by atoms with Crippen molar-refractivity contribution < 1.29 is 21.6 Å². The zero-order valence-electron chi connectivity index (χ0n) is 15.9. The van der Waals surface area contributed by atoms with Crippen LogP contribution in [-0.4, -0.2) is 61.9 Å². The van der Waals surface area contributed by atoms with Crippen LogP contribution in [0.4, 0.5) is 13.2 Å². The molecule has 2 N–H and O–H groups in total. The number of hydrogen-bond donors (Lipinski definition) is 2. The number of aryl methyl sites for hydroxylation is 1. The van der Waals surface area contributed by atoms with Crippen LogP contribution < -0.4 is 10.6 Å². The molecule has 0 atom stereocenters. The molecule has 0 spiro atoms. The van der Waals surface area contributed by atoms with Crippen molar-refractivity contribution >= 4 is 27.3 Å². The molecule has 1 aliphatic rings. The third-order valence-electron chi connectivity index (χ3n) is 4.36. The van der Waals surface area contributed by atoms with Crippen molar-refractivity contribution in [3.05, 3.63) is 16.1 Å². The highest BCUT2D eigenvalue weighted by Gasteiger charge is 2.50. The third-order valence-corrected chi connectivity index (χ3v) is 6.96. The number of sulfonamides is 1. The Kier molecular flexibility index (Phi) is 8.07. The highest BCUT2D eigenvalue weighted by atomic mass is 32.2. The second-order valence-electron chi connectivity index (χ2n) is 6.55. The molecule has 0 aromatic carbocycles. The predicted molar refractivity (Wildman–Crippen MR) is 104 cm³/mol. The van der Waals surface area contributed by atoms with Gasteiger partial charge in [-0.15, -0.1) is 11.3 Å². The Hall–Kier alpha value is -1.40. The quantitative estimate of drug-likeness (QED) is 0.500. The van der Waals surface area contributed by atoms with E-state index in [1.54, 1.807) is 11.3 Å². The van der Waals surface area contributed by atoms with E-state index in [4.69, 9.17) is 0 Å². The van der Waals surface area contributed by atoms with E-state index < -0.39 is 15.5 Å². The molecule has 0 amide bonds. The van der Waals surface area contributed by atoms with E-state index in [2.05, 4.69) is 20.6 Å². The molecule has 1 fully saturated rings. The largest absolute Gasteiger partial charge is 0.511 e. The molecule has 28 heavy (non-hydrogen) atoms. The van der Waals surface area contributed by atoms with Gasteiger partial charge >= 0.3 is 15.5 Å². The summed E-state index contributed by atoms with van der Waals surface area (Å²) in [5.41, 5.74) is -5.24. The topological polar surface area (TPSA) is 86.7 Å². The molecular formula is C16H26F3N5O2S2. The summed E-state index contributed by atoms with van der Waals surface area (Å²) in [4.78, 5) is 9.96. The second kappa shape index (κ2) is 9.88. The normalized spacial score (nSPS) is 17.7. The first-order valence-electron chi connectivity index (χ1n) is 9.13. The molecule has 7 nitrogen and oxygen atoms in total. The van der Waals surface area contributed by atoms with Crippen LogP contribution in [-0.2, 0) is 16.4 Å². The van der Waals surface area contributed by atoms with Crippen LogP contribution in [0.3, 0.4) is 0 Å². The Balaban J connectivity index is 1.81. The number of rotatable bonds is 7. The molecule has 1 aliphatic heterocycles. The minimum Gasteiger partial charge on any atom is -0.357 e. The van der Waals surface area contributed by atoms with Crippen LogP contribution in [0.5, 0.6) is 0 Å². The summed E-state index contributed by atoms with van der Waals surface area (Å²) in [5.74, 6) is 0.692. The van der Waals surface area contributed by atoms with Gasteiger partial charge in [0.25, 0.3) is 0 Å². The van der Waals surface area contributed by atoms with Crippen LogP contribution in [0.2, 0.25) is 0 Å². The molecule has 1 aromatic heterocycles. The summed E-state index contributed by atoms with van der Waals surface area (Å²) in [6.07, 6.45) is 3.33. The van der Waals surface area contributed by atoms with Crippen LogP contribution in [0.15, 0.2) is 11.2 Å². The maximum absolute atomic E-state index is 12.6. The fraction of sp³-hybridized carbons (Fsp3) is 0.750. The SMILES string of the molecule is CCNC(=NCC1CCN(S(=O)(=O)C(F)(F)F)CC1)NCCc1ncc(C)s1. The van der Waals surface area contributed by atoms with Gasteiger partial charge in [-0.1, -0.05) is 0 Å². The summed E-state index contributed by atoms with van der Waals surface area (Å²) in [6.45, 7) is 5.48. The fourth-order valence-corrected chi connectivity index (χ4v) is 4.62. The summed E-state index contributed by atoms with van der Waals surface area (Å²) >= 11 is 1.65. The minimum absolute atomic E-state index is 0.0525. The van der Waals surface area contributed by atoms with Gasteiger partial charge in [0.05, 0.1) is 5.01 Å². The number of nitrogens with zero attached hydrogens (tertiary/aromatic N) is 3. The van der Waals surface area contributed by atoms with E-state index in [1.165, 1.54) is 0 Å². The Morgan fingerprint density at radius 3 is 2.57 bits per heavy atom. The monoisotopic (exact) mass is 441 g/mol. The Morgan fingerprint density at radius 1 is 1.36 bits per heavy atom. The maximum Gasteiger partial charge on any atom is 0.511 e. The number of nitrogens with one attached hydrogen (secondary N) is 2. The number of aromatic nitrogens is 1. The molecule has 160 valence electrons. The highest BCUT2D eigenvalue weighted by molar-refractivity contribution is 7.90. The standard InChI is InChI=1S/C16H26F3N5O2S2/c1-3-20-15(21-7-4-14-22-10-12(2)27-14)23-11-13-5-8-24(9-6-13)28(25,26)16(17,18)19/h10,13H,3-9,11H2,1-2H3,(H2,20,21,23). The van der Waals surface area contributed by atoms with Crippen molar-refractivity contribution in [3.8, 4) is 0 Å².